The number of piperazine rings is 1. The molecule has 0 spiro atoms. The smallest absolute Gasteiger partial charge is 0.270 e. The molecule has 0 radical (unpaired) electrons. The van der Waals surface area contributed by atoms with Gasteiger partial charge in [-0.3, -0.25) is 19.8 Å². The first-order valence-corrected chi connectivity index (χ1v) is 9.87. The maximum Gasteiger partial charge on any atom is 0.270 e. The molecule has 1 aromatic heterocycles. The number of aromatic amines is 1. The molecule has 7 nitrogen and oxygen atoms in total. The molecule has 0 bridgehead atoms. The van der Waals surface area contributed by atoms with Crippen molar-refractivity contribution in [3.63, 3.8) is 0 Å². The number of H-pyrrole nitrogens is 1. The minimum absolute atomic E-state index is 0.0236. The first-order chi connectivity index (χ1) is 14.0. The van der Waals surface area contributed by atoms with E-state index in [9.17, 15) is 14.9 Å². The Morgan fingerprint density at radius 3 is 2.59 bits per heavy atom. The summed E-state index contributed by atoms with van der Waals surface area (Å²) in [6.07, 6.45) is 1.63. The zero-order valence-electron chi connectivity index (χ0n) is 16.0. The largest absolute Gasteiger partial charge is 0.360 e. The summed E-state index contributed by atoms with van der Waals surface area (Å²) in [7, 11) is 0. The number of benzene rings is 2. The number of aromatic nitrogens is 1. The summed E-state index contributed by atoms with van der Waals surface area (Å²) in [6, 6.07) is 12.5. The first-order valence-electron chi connectivity index (χ1n) is 9.49. The van der Waals surface area contributed by atoms with Crippen LogP contribution in [0.3, 0.4) is 0 Å². The molecule has 0 aliphatic carbocycles. The van der Waals surface area contributed by atoms with Crippen molar-refractivity contribution in [2.45, 2.75) is 13.0 Å². The van der Waals surface area contributed by atoms with Crippen molar-refractivity contribution in [3.05, 3.63) is 74.9 Å². The quantitative estimate of drug-likeness (QED) is 0.513. The van der Waals surface area contributed by atoms with E-state index in [1.165, 1.54) is 12.1 Å². The molecule has 0 saturated carbocycles. The Bertz CT molecular complexity index is 1070. The van der Waals surface area contributed by atoms with Crippen LogP contribution in [0.2, 0.25) is 5.02 Å². The number of rotatable bonds is 4. The minimum Gasteiger partial charge on any atom is -0.360 e. The van der Waals surface area contributed by atoms with Gasteiger partial charge in [-0.2, -0.15) is 0 Å². The highest BCUT2D eigenvalue weighted by atomic mass is 35.5. The van der Waals surface area contributed by atoms with E-state index < -0.39 is 4.92 Å². The maximum atomic E-state index is 13.1. The Morgan fingerprint density at radius 1 is 1.17 bits per heavy atom. The molecule has 1 atom stereocenters. The highest BCUT2D eigenvalue weighted by molar-refractivity contribution is 6.31. The van der Waals surface area contributed by atoms with Gasteiger partial charge < -0.3 is 9.88 Å². The zero-order chi connectivity index (χ0) is 20.5. The van der Waals surface area contributed by atoms with Crippen LogP contribution in [-0.2, 0) is 0 Å². The van der Waals surface area contributed by atoms with Gasteiger partial charge in [0.15, 0.2) is 0 Å². The summed E-state index contributed by atoms with van der Waals surface area (Å²) >= 11 is 6.33. The van der Waals surface area contributed by atoms with Crippen LogP contribution in [-0.4, -0.2) is 51.8 Å². The number of hydrogen-bond acceptors (Lipinski definition) is 4. The molecular formula is C21H21ClN4O3. The van der Waals surface area contributed by atoms with Gasteiger partial charge in [-0.05, 0) is 24.6 Å². The van der Waals surface area contributed by atoms with Crippen molar-refractivity contribution in [2.24, 2.45) is 0 Å². The van der Waals surface area contributed by atoms with Crippen LogP contribution < -0.4 is 0 Å². The third-order valence-electron chi connectivity index (χ3n) is 5.61. The highest BCUT2D eigenvalue weighted by Crippen LogP contribution is 2.29. The number of amides is 1. The van der Waals surface area contributed by atoms with Gasteiger partial charge in [-0.25, -0.2) is 0 Å². The van der Waals surface area contributed by atoms with E-state index in [0.717, 1.165) is 23.7 Å². The number of carbonyl (C=O) groups excluding carboxylic acids is 1. The van der Waals surface area contributed by atoms with Crippen LogP contribution in [0.15, 0.2) is 48.7 Å². The molecule has 1 N–H and O–H groups in total. The molecule has 1 saturated heterocycles. The van der Waals surface area contributed by atoms with E-state index in [1.807, 2.05) is 24.3 Å². The molecule has 150 valence electrons. The number of nitrogens with zero attached hydrogens (tertiary/aromatic N) is 3. The van der Waals surface area contributed by atoms with Crippen LogP contribution in [0.25, 0.3) is 10.9 Å². The average molecular weight is 413 g/mol. The second-order valence-electron chi connectivity index (χ2n) is 7.22. The van der Waals surface area contributed by atoms with Crippen LogP contribution in [0.5, 0.6) is 0 Å². The van der Waals surface area contributed by atoms with Gasteiger partial charge in [0.25, 0.3) is 11.6 Å². The van der Waals surface area contributed by atoms with Crippen LogP contribution >= 0.6 is 11.6 Å². The SMILES string of the molecule is CC(c1ccccc1Cl)N1CCN(C(=O)c2c[nH]c3ccc([N+](=O)[O-])cc23)CC1. The number of halogens is 1. The summed E-state index contributed by atoms with van der Waals surface area (Å²) in [5.41, 5.74) is 2.24. The number of hydrogen-bond donors (Lipinski definition) is 1. The lowest BCUT2D eigenvalue weighted by Crippen LogP contribution is -2.49. The first kappa shape index (κ1) is 19.4. The van der Waals surface area contributed by atoms with Crippen molar-refractivity contribution in [1.29, 1.82) is 0 Å². The third kappa shape index (κ3) is 3.71. The molecule has 1 unspecified atom stereocenters. The number of non-ortho nitro benzene ring substituents is 1. The molecule has 1 aliphatic rings. The summed E-state index contributed by atoms with van der Waals surface area (Å²) in [6.45, 7) is 4.78. The average Bonchev–Trinajstić information content (AvgIpc) is 3.16. The molecule has 29 heavy (non-hydrogen) atoms. The lowest BCUT2D eigenvalue weighted by molar-refractivity contribution is -0.384. The second-order valence-corrected chi connectivity index (χ2v) is 7.62. The van der Waals surface area contributed by atoms with E-state index in [4.69, 9.17) is 11.6 Å². The molecule has 1 aliphatic heterocycles. The van der Waals surface area contributed by atoms with Gasteiger partial charge >= 0.3 is 0 Å². The molecule has 8 heteroatoms. The van der Waals surface area contributed by atoms with Gasteiger partial charge in [0.05, 0.1) is 10.5 Å². The zero-order valence-corrected chi connectivity index (χ0v) is 16.7. The minimum atomic E-state index is -0.449. The summed E-state index contributed by atoms with van der Waals surface area (Å²) < 4.78 is 0. The lowest BCUT2D eigenvalue weighted by atomic mass is 10.1. The van der Waals surface area contributed by atoms with Crippen molar-refractivity contribution < 1.29 is 9.72 Å². The van der Waals surface area contributed by atoms with Gasteiger partial charge in [-0.15, -0.1) is 0 Å². The predicted molar refractivity (Wildman–Crippen MR) is 112 cm³/mol. The molecule has 2 heterocycles. The van der Waals surface area contributed by atoms with E-state index in [0.29, 0.717) is 29.6 Å². The fourth-order valence-corrected chi connectivity index (χ4v) is 4.19. The van der Waals surface area contributed by atoms with Gasteiger partial charge in [0.1, 0.15) is 0 Å². The van der Waals surface area contributed by atoms with Crippen molar-refractivity contribution in [2.75, 3.05) is 26.2 Å². The Kier molecular flexibility index (Phi) is 5.25. The molecule has 1 fully saturated rings. The maximum absolute atomic E-state index is 13.1. The van der Waals surface area contributed by atoms with E-state index >= 15 is 0 Å². The summed E-state index contributed by atoms with van der Waals surface area (Å²) in [5.74, 6) is -0.109. The third-order valence-corrected chi connectivity index (χ3v) is 5.96. The Labute approximate surface area is 173 Å². The molecule has 4 rings (SSSR count). The van der Waals surface area contributed by atoms with Gasteiger partial charge in [0, 0.05) is 66.5 Å². The number of nitrogens with one attached hydrogen (secondary N) is 1. The Balaban J connectivity index is 1.48. The highest BCUT2D eigenvalue weighted by Gasteiger charge is 2.27. The fraction of sp³-hybridized carbons (Fsp3) is 0.286. The van der Waals surface area contributed by atoms with Crippen molar-refractivity contribution in [3.8, 4) is 0 Å². The van der Waals surface area contributed by atoms with Gasteiger partial charge in [0.2, 0.25) is 0 Å². The van der Waals surface area contributed by atoms with Crippen LogP contribution in [0.1, 0.15) is 28.9 Å². The Hall–Kier alpha value is -2.90. The standard InChI is InChI=1S/C21H21ClN4O3/c1-14(16-4-2-3-5-19(16)22)24-8-10-25(11-9-24)21(27)18-13-23-20-7-6-15(26(28)29)12-17(18)20/h2-7,12-14,23H,8-11H2,1H3. The fourth-order valence-electron chi connectivity index (χ4n) is 3.89. The number of carbonyl (C=O) groups is 1. The molecule has 2 aromatic carbocycles. The molecule has 1 amide bonds. The topological polar surface area (TPSA) is 82.5 Å². The summed E-state index contributed by atoms with van der Waals surface area (Å²) in [5, 5.41) is 12.4. The predicted octanol–water partition coefficient (Wildman–Crippen LogP) is 4.25. The number of nitro groups is 1. The van der Waals surface area contributed by atoms with E-state index in [2.05, 4.69) is 16.8 Å². The van der Waals surface area contributed by atoms with Gasteiger partial charge in [-0.1, -0.05) is 29.8 Å². The molecular weight excluding hydrogens is 392 g/mol. The second kappa shape index (κ2) is 7.85. The lowest BCUT2D eigenvalue weighted by Gasteiger charge is -2.38. The van der Waals surface area contributed by atoms with E-state index in [-0.39, 0.29) is 17.6 Å². The molecule has 3 aromatic rings. The van der Waals surface area contributed by atoms with Crippen LogP contribution in [0.4, 0.5) is 5.69 Å². The van der Waals surface area contributed by atoms with Crippen molar-refractivity contribution in [1.82, 2.24) is 14.8 Å². The normalized spacial score (nSPS) is 16.1. The van der Waals surface area contributed by atoms with Crippen LogP contribution in [0, 0.1) is 10.1 Å². The van der Waals surface area contributed by atoms with E-state index in [1.54, 1.807) is 17.2 Å². The summed E-state index contributed by atoms with van der Waals surface area (Å²) in [4.78, 5) is 30.8. The monoisotopic (exact) mass is 412 g/mol. The Morgan fingerprint density at radius 2 is 1.90 bits per heavy atom. The van der Waals surface area contributed by atoms with Crippen molar-refractivity contribution >= 4 is 34.1 Å². The number of fused-ring (bicyclic) bond motifs is 1. The number of nitro benzene ring substituents is 1.